The lowest BCUT2D eigenvalue weighted by Gasteiger charge is -2.14. The second-order valence-electron chi connectivity index (χ2n) is 5.14. The Balaban J connectivity index is 2.07. The Labute approximate surface area is 121 Å². The van der Waals surface area contributed by atoms with Crippen LogP contribution in [-0.4, -0.2) is 6.10 Å². The van der Waals surface area contributed by atoms with Crippen LogP contribution in [0.4, 0.5) is 0 Å². The molecule has 2 rings (SSSR count). The zero-order valence-electron chi connectivity index (χ0n) is 12.3. The van der Waals surface area contributed by atoms with Crippen LogP contribution >= 0.6 is 0 Å². The highest BCUT2D eigenvalue weighted by Crippen LogP contribution is 2.23. The monoisotopic (exact) mass is 269 g/mol. The van der Waals surface area contributed by atoms with E-state index in [1.165, 1.54) is 11.1 Å². The standard InChI is InChI=1S/C18H23NO/c1-3-4-14(2)20-18-11-9-17(10-12-18)16-7-5-15(13-19)6-8-16/h5-12,14H,3-4,13,19H2,1-2H3. The van der Waals surface area contributed by atoms with Gasteiger partial charge >= 0.3 is 0 Å². The van der Waals surface area contributed by atoms with E-state index >= 15 is 0 Å². The van der Waals surface area contributed by atoms with E-state index in [9.17, 15) is 0 Å². The summed E-state index contributed by atoms with van der Waals surface area (Å²) in [6, 6.07) is 16.6. The average Bonchev–Trinajstić information content (AvgIpc) is 2.48. The molecule has 0 bridgehead atoms. The summed E-state index contributed by atoms with van der Waals surface area (Å²) in [6.07, 6.45) is 2.50. The van der Waals surface area contributed by atoms with Gasteiger partial charge in [0.15, 0.2) is 0 Å². The van der Waals surface area contributed by atoms with Gasteiger partial charge in [0.05, 0.1) is 6.10 Å². The Bertz CT molecular complexity index is 516. The molecular formula is C18H23NO. The van der Waals surface area contributed by atoms with E-state index in [0.29, 0.717) is 6.54 Å². The molecular weight excluding hydrogens is 246 g/mol. The summed E-state index contributed by atoms with van der Waals surface area (Å²) in [5.74, 6) is 0.938. The Morgan fingerprint density at radius 1 is 0.950 bits per heavy atom. The minimum absolute atomic E-state index is 0.273. The van der Waals surface area contributed by atoms with Crippen molar-refractivity contribution in [1.82, 2.24) is 0 Å². The molecule has 0 saturated carbocycles. The molecule has 0 aliphatic heterocycles. The zero-order chi connectivity index (χ0) is 14.4. The molecule has 2 aromatic carbocycles. The topological polar surface area (TPSA) is 35.2 Å². The van der Waals surface area contributed by atoms with Crippen LogP contribution in [0, 0.1) is 0 Å². The van der Waals surface area contributed by atoms with Gasteiger partial charge in [-0.3, -0.25) is 0 Å². The molecule has 2 heteroatoms. The zero-order valence-corrected chi connectivity index (χ0v) is 12.3. The third-order valence-corrected chi connectivity index (χ3v) is 3.41. The summed E-state index contributed by atoms with van der Waals surface area (Å²) in [7, 11) is 0. The molecule has 0 aromatic heterocycles. The summed E-state index contributed by atoms with van der Waals surface area (Å²) in [5, 5.41) is 0. The molecule has 0 amide bonds. The van der Waals surface area contributed by atoms with E-state index in [-0.39, 0.29) is 6.10 Å². The van der Waals surface area contributed by atoms with Gasteiger partial charge < -0.3 is 10.5 Å². The van der Waals surface area contributed by atoms with Crippen molar-refractivity contribution in [3.63, 3.8) is 0 Å². The third-order valence-electron chi connectivity index (χ3n) is 3.41. The molecule has 20 heavy (non-hydrogen) atoms. The number of nitrogens with two attached hydrogens (primary N) is 1. The van der Waals surface area contributed by atoms with Crippen LogP contribution in [0.1, 0.15) is 32.3 Å². The molecule has 1 unspecified atom stereocenters. The number of ether oxygens (including phenoxy) is 1. The van der Waals surface area contributed by atoms with E-state index in [4.69, 9.17) is 10.5 Å². The van der Waals surface area contributed by atoms with Crippen molar-refractivity contribution in [2.45, 2.75) is 39.3 Å². The maximum Gasteiger partial charge on any atom is 0.119 e. The lowest BCUT2D eigenvalue weighted by molar-refractivity contribution is 0.210. The summed E-state index contributed by atoms with van der Waals surface area (Å²) in [5.41, 5.74) is 9.17. The molecule has 0 heterocycles. The second-order valence-corrected chi connectivity index (χ2v) is 5.14. The predicted octanol–water partition coefficient (Wildman–Crippen LogP) is 4.38. The molecule has 106 valence electrons. The van der Waals surface area contributed by atoms with Crippen molar-refractivity contribution in [3.8, 4) is 16.9 Å². The van der Waals surface area contributed by atoms with Crippen molar-refractivity contribution < 1.29 is 4.74 Å². The fourth-order valence-corrected chi connectivity index (χ4v) is 2.26. The molecule has 2 aromatic rings. The third kappa shape index (κ3) is 3.84. The van der Waals surface area contributed by atoms with Gasteiger partial charge in [0.1, 0.15) is 5.75 Å². The van der Waals surface area contributed by atoms with Crippen LogP contribution in [0.15, 0.2) is 48.5 Å². The van der Waals surface area contributed by atoms with Crippen molar-refractivity contribution in [3.05, 3.63) is 54.1 Å². The lowest BCUT2D eigenvalue weighted by Crippen LogP contribution is -2.10. The molecule has 0 aliphatic carbocycles. The van der Waals surface area contributed by atoms with Gasteiger partial charge in [-0.15, -0.1) is 0 Å². The molecule has 0 fully saturated rings. The van der Waals surface area contributed by atoms with E-state index in [2.05, 4.69) is 50.2 Å². The van der Waals surface area contributed by atoms with Crippen LogP contribution in [0.3, 0.4) is 0 Å². The predicted molar refractivity (Wildman–Crippen MR) is 84.8 cm³/mol. The Kier molecular flexibility index (Phi) is 5.19. The summed E-state index contributed by atoms with van der Waals surface area (Å²) >= 11 is 0. The largest absolute Gasteiger partial charge is 0.491 e. The summed E-state index contributed by atoms with van der Waals surface area (Å²) in [4.78, 5) is 0. The fraction of sp³-hybridized carbons (Fsp3) is 0.333. The Hall–Kier alpha value is -1.80. The minimum Gasteiger partial charge on any atom is -0.491 e. The summed E-state index contributed by atoms with van der Waals surface area (Å²) in [6.45, 7) is 4.87. The molecule has 0 radical (unpaired) electrons. The van der Waals surface area contributed by atoms with Gasteiger partial charge in [0, 0.05) is 6.54 Å². The quantitative estimate of drug-likeness (QED) is 0.844. The van der Waals surface area contributed by atoms with E-state index in [1.54, 1.807) is 0 Å². The molecule has 2 nitrogen and oxygen atoms in total. The van der Waals surface area contributed by atoms with Crippen molar-refractivity contribution in [1.29, 1.82) is 0 Å². The highest BCUT2D eigenvalue weighted by Gasteiger charge is 2.03. The van der Waals surface area contributed by atoms with E-state index < -0.39 is 0 Å². The number of hydrogen-bond donors (Lipinski definition) is 1. The van der Waals surface area contributed by atoms with Crippen LogP contribution in [0.25, 0.3) is 11.1 Å². The molecule has 1 atom stereocenters. The molecule has 2 N–H and O–H groups in total. The second kappa shape index (κ2) is 7.11. The maximum absolute atomic E-state index is 5.87. The first-order valence-electron chi connectivity index (χ1n) is 7.29. The van der Waals surface area contributed by atoms with E-state index in [1.807, 2.05) is 12.1 Å². The van der Waals surface area contributed by atoms with Crippen LogP contribution in [-0.2, 0) is 6.54 Å². The highest BCUT2D eigenvalue weighted by molar-refractivity contribution is 5.64. The van der Waals surface area contributed by atoms with Gasteiger partial charge in [0.2, 0.25) is 0 Å². The van der Waals surface area contributed by atoms with E-state index in [0.717, 1.165) is 24.2 Å². The molecule has 0 saturated heterocycles. The first-order valence-corrected chi connectivity index (χ1v) is 7.29. The molecule has 0 aliphatic rings. The summed E-state index contributed by atoms with van der Waals surface area (Å²) < 4.78 is 5.87. The van der Waals surface area contributed by atoms with Gasteiger partial charge in [0.25, 0.3) is 0 Å². The fourth-order valence-electron chi connectivity index (χ4n) is 2.26. The first-order chi connectivity index (χ1) is 9.72. The van der Waals surface area contributed by atoms with Crippen LogP contribution in [0.5, 0.6) is 5.75 Å². The highest BCUT2D eigenvalue weighted by atomic mass is 16.5. The van der Waals surface area contributed by atoms with Crippen LogP contribution < -0.4 is 10.5 Å². The minimum atomic E-state index is 0.273. The van der Waals surface area contributed by atoms with Crippen LogP contribution in [0.2, 0.25) is 0 Å². The average molecular weight is 269 g/mol. The number of hydrogen-bond acceptors (Lipinski definition) is 2. The van der Waals surface area contributed by atoms with Crippen molar-refractivity contribution in [2.24, 2.45) is 5.73 Å². The number of benzene rings is 2. The number of rotatable bonds is 6. The Morgan fingerprint density at radius 2 is 1.50 bits per heavy atom. The Morgan fingerprint density at radius 3 is 2.00 bits per heavy atom. The van der Waals surface area contributed by atoms with Gasteiger partial charge in [-0.05, 0) is 42.2 Å². The smallest absolute Gasteiger partial charge is 0.119 e. The van der Waals surface area contributed by atoms with Crippen molar-refractivity contribution in [2.75, 3.05) is 0 Å². The molecule has 0 spiro atoms. The normalized spacial score (nSPS) is 12.2. The van der Waals surface area contributed by atoms with Gasteiger partial charge in [-0.25, -0.2) is 0 Å². The van der Waals surface area contributed by atoms with Crippen molar-refractivity contribution >= 4 is 0 Å². The first kappa shape index (κ1) is 14.6. The van der Waals surface area contributed by atoms with Gasteiger partial charge in [-0.2, -0.15) is 0 Å². The van der Waals surface area contributed by atoms with Gasteiger partial charge in [-0.1, -0.05) is 49.7 Å². The SMILES string of the molecule is CCCC(C)Oc1ccc(-c2ccc(CN)cc2)cc1. The lowest BCUT2D eigenvalue weighted by atomic mass is 10.0. The maximum atomic E-state index is 5.87.